The van der Waals surface area contributed by atoms with Crippen LogP contribution in [0.15, 0.2) is 48.8 Å². The summed E-state index contributed by atoms with van der Waals surface area (Å²) >= 11 is 0. The number of hydrogen-bond acceptors (Lipinski definition) is 3. The Labute approximate surface area is 143 Å². The number of nitrogens with one attached hydrogen (secondary N) is 1. The van der Waals surface area contributed by atoms with E-state index in [0.29, 0.717) is 11.6 Å². The van der Waals surface area contributed by atoms with Crippen molar-refractivity contribution in [1.82, 2.24) is 9.88 Å². The Hall–Kier alpha value is -2.20. The molecule has 0 aliphatic carbocycles. The number of carbonyl (C=O) groups is 1. The number of carbonyl (C=O) groups excluding carboxylic acids is 1. The van der Waals surface area contributed by atoms with E-state index in [0.717, 1.165) is 18.5 Å². The number of nitrogens with zero attached hydrogens (tertiary/aromatic N) is 2. The molecule has 2 aromatic rings. The van der Waals surface area contributed by atoms with Crippen LogP contribution < -0.4 is 5.32 Å². The zero-order valence-corrected chi connectivity index (χ0v) is 14.2. The lowest BCUT2D eigenvalue weighted by molar-refractivity contribution is 0.102. The van der Waals surface area contributed by atoms with Crippen LogP contribution in [-0.4, -0.2) is 35.4 Å². The van der Waals surface area contributed by atoms with Crippen molar-refractivity contribution in [2.45, 2.75) is 38.1 Å². The van der Waals surface area contributed by atoms with Crippen LogP contribution in [0.3, 0.4) is 0 Å². The summed E-state index contributed by atoms with van der Waals surface area (Å²) in [6.07, 6.45) is 9.32. The molecule has 1 aromatic heterocycles. The summed E-state index contributed by atoms with van der Waals surface area (Å²) in [5, 5.41) is 3.05. The number of aryl methyl sites for hydroxylation is 1. The molecule has 126 valence electrons. The first-order valence-electron chi connectivity index (χ1n) is 8.73. The van der Waals surface area contributed by atoms with Gasteiger partial charge in [-0.1, -0.05) is 24.6 Å². The maximum absolute atomic E-state index is 12.4. The van der Waals surface area contributed by atoms with Crippen LogP contribution in [0.25, 0.3) is 0 Å². The lowest BCUT2D eigenvalue weighted by Gasteiger charge is -2.32. The topological polar surface area (TPSA) is 45.2 Å². The Kier molecular flexibility index (Phi) is 5.59. The number of anilines is 1. The molecule has 1 aliphatic rings. The lowest BCUT2D eigenvalue weighted by atomic mass is 9.96. The van der Waals surface area contributed by atoms with Crippen LogP contribution in [0.4, 0.5) is 5.69 Å². The van der Waals surface area contributed by atoms with E-state index >= 15 is 0 Å². The highest BCUT2D eigenvalue weighted by Crippen LogP contribution is 2.23. The quantitative estimate of drug-likeness (QED) is 0.911. The summed E-state index contributed by atoms with van der Waals surface area (Å²) in [7, 11) is 2.22. The van der Waals surface area contributed by atoms with Crippen molar-refractivity contribution in [3.05, 3.63) is 59.9 Å². The molecule has 1 amide bonds. The average molecular weight is 323 g/mol. The Balaban J connectivity index is 1.65. The van der Waals surface area contributed by atoms with E-state index in [2.05, 4.69) is 28.3 Å². The minimum atomic E-state index is -0.0837. The zero-order valence-electron chi connectivity index (χ0n) is 14.2. The third-order valence-corrected chi connectivity index (χ3v) is 4.88. The molecule has 1 unspecified atom stereocenters. The van der Waals surface area contributed by atoms with Crippen molar-refractivity contribution in [1.29, 1.82) is 0 Å². The van der Waals surface area contributed by atoms with Gasteiger partial charge in [0.05, 0.1) is 0 Å². The molecule has 1 aromatic carbocycles. The van der Waals surface area contributed by atoms with Gasteiger partial charge in [-0.25, -0.2) is 0 Å². The molecule has 0 bridgehead atoms. The van der Waals surface area contributed by atoms with Crippen LogP contribution in [-0.2, 0) is 6.42 Å². The molecule has 1 aliphatic heterocycles. The van der Waals surface area contributed by atoms with Crippen molar-refractivity contribution in [2.24, 2.45) is 0 Å². The molecule has 0 saturated carbocycles. The number of piperidine rings is 1. The molecule has 3 rings (SSSR count). The van der Waals surface area contributed by atoms with E-state index in [1.165, 1.54) is 31.4 Å². The molecule has 4 heteroatoms. The van der Waals surface area contributed by atoms with Gasteiger partial charge < -0.3 is 10.2 Å². The molecule has 2 heterocycles. The number of rotatable bonds is 5. The summed E-state index contributed by atoms with van der Waals surface area (Å²) in [5.74, 6) is -0.0837. The number of likely N-dealkylation sites (tertiary alicyclic amines) is 1. The average Bonchev–Trinajstić information content (AvgIpc) is 2.63. The predicted octanol–water partition coefficient (Wildman–Crippen LogP) is 3.75. The summed E-state index contributed by atoms with van der Waals surface area (Å²) in [4.78, 5) is 18.8. The Morgan fingerprint density at radius 1 is 1.21 bits per heavy atom. The first-order valence-corrected chi connectivity index (χ1v) is 8.73. The van der Waals surface area contributed by atoms with Gasteiger partial charge in [0, 0.05) is 29.7 Å². The fourth-order valence-corrected chi connectivity index (χ4v) is 3.39. The highest BCUT2D eigenvalue weighted by Gasteiger charge is 2.19. The second-order valence-electron chi connectivity index (χ2n) is 6.52. The molecule has 0 spiro atoms. The maximum Gasteiger partial charge on any atom is 0.255 e. The molecule has 1 saturated heterocycles. The van der Waals surface area contributed by atoms with Gasteiger partial charge in [0.1, 0.15) is 0 Å². The smallest absolute Gasteiger partial charge is 0.255 e. The first-order chi connectivity index (χ1) is 11.7. The highest BCUT2D eigenvalue weighted by molar-refractivity contribution is 6.04. The van der Waals surface area contributed by atoms with Crippen molar-refractivity contribution in [2.75, 3.05) is 18.9 Å². The van der Waals surface area contributed by atoms with Crippen molar-refractivity contribution >= 4 is 11.6 Å². The predicted molar refractivity (Wildman–Crippen MR) is 97.2 cm³/mol. The van der Waals surface area contributed by atoms with E-state index in [1.54, 1.807) is 24.5 Å². The van der Waals surface area contributed by atoms with E-state index in [4.69, 9.17) is 0 Å². The number of aromatic nitrogens is 1. The molecule has 0 radical (unpaired) electrons. The van der Waals surface area contributed by atoms with Gasteiger partial charge in [0.15, 0.2) is 0 Å². The second kappa shape index (κ2) is 8.06. The van der Waals surface area contributed by atoms with Crippen LogP contribution >= 0.6 is 0 Å². The van der Waals surface area contributed by atoms with Crippen LogP contribution in [0, 0.1) is 0 Å². The second-order valence-corrected chi connectivity index (χ2v) is 6.52. The molecule has 4 nitrogen and oxygen atoms in total. The molecule has 1 N–H and O–H groups in total. The van der Waals surface area contributed by atoms with Crippen molar-refractivity contribution in [3.63, 3.8) is 0 Å². The van der Waals surface area contributed by atoms with E-state index in [1.807, 2.05) is 18.2 Å². The molecular formula is C20H25N3O. The van der Waals surface area contributed by atoms with Gasteiger partial charge in [-0.05, 0) is 63.0 Å². The van der Waals surface area contributed by atoms with Gasteiger partial charge in [-0.15, -0.1) is 0 Å². The molecule has 1 atom stereocenters. The number of hydrogen-bond donors (Lipinski definition) is 1. The summed E-state index contributed by atoms with van der Waals surface area (Å²) < 4.78 is 0. The van der Waals surface area contributed by atoms with Crippen molar-refractivity contribution in [3.8, 4) is 0 Å². The largest absolute Gasteiger partial charge is 0.322 e. The monoisotopic (exact) mass is 323 g/mol. The Morgan fingerprint density at radius 3 is 2.79 bits per heavy atom. The van der Waals surface area contributed by atoms with Gasteiger partial charge in [-0.2, -0.15) is 0 Å². The minimum absolute atomic E-state index is 0.0837. The van der Waals surface area contributed by atoms with E-state index in [-0.39, 0.29) is 5.91 Å². The third kappa shape index (κ3) is 4.20. The standard InChI is InChI=1S/C20H25N3O/c1-23-15-5-4-7-18(23)10-9-16-6-2-3-8-19(16)22-20(24)17-11-13-21-14-12-17/h2-3,6,8,11-14,18H,4-5,7,9-10,15H2,1H3,(H,22,24). The Morgan fingerprint density at radius 2 is 2.00 bits per heavy atom. The molecular weight excluding hydrogens is 298 g/mol. The Bertz CT molecular complexity index is 672. The summed E-state index contributed by atoms with van der Waals surface area (Å²) in [6.45, 7) is 1.20. The third-order valence-electron chi connectivity index (χ3n) is 4.88. The van der Waals surface area contributed by atoms with Gasteiger partial charge in [0.2, 0.25) is 0 Å². The van der Waals surface area contributed by atoms with E-state index in [9.17, 15) is 4.79 Å². The van der Waals surface area contributed by atoms with Crippen molar-refractivity contribution < 1.29 is 4.79 Å². The van der Waals surface area contributed by atoms with Crippen LogP contribution in [0.2, 0.25) is 0 Å². The van der Waals surface area contributed by atoms with Crippen LogP contribution in [0.1, 0.15) is 41.6 Å². The van der Waals surface area contributed by atoms with Gasteiger partial charge >= 0.3 is 0 Å². The lowest BCUT2D eigenvalue weighted by Crippen LogP contribution is -2.36. The maximum atomic E-state index is 12.4. The summed E-state index contributed by atoms with van der Waals surface area (Å²) in [5.41, 5.74) is 2.75. The summed E-state index contributed by atoms with van der Waals surface area (Å²) in [6, 6.07) is 12.2. The number of benzene rings is 1. The fourth-order valence-electron chi connectivity index (χ4n) is 3.39. The minimum Gasteiger partial charge on any atom is -0.322 e. The molecule has 24 heavy (non-hydrogen) atoms. The number of pyridine rings is 1. The normalized spacial score (nSPS) is 18.3. The van der Waals surface area contributed by atoms with Gasteiger partial charge in [0.25, 0.3) is 5.91 Å². The fraction of sp³-hybridized carbons (Fsp3) is 0.400. The SMILES string of the molecule is CN1CCCCC1CCc1ccccc1NC(=O)c1ccncc1. The van der Waals surface area contributed by atoms with Crippen LogP contribution in [0.5, 0.6) is 0 Å². The zero-order chi connectivity index (χ0) is 16.8. The van der Waals surface area contributed by atoms with E-state index < -0.39 is 0 Å². The number of para-hydroxylation sites is 1. The van der Waals surface area contributed by atoms with Gasteiger partial charge in [-0.3, -0.25) is 9.78 Å². The highest BCUT2D eigenvalue weighted by atomic mass is 16.1. The number of amides is 1. The first kappa shape index (κ1) is 16.7. The molecule has 1 fully saturated rings.